The number of sulfonamides is 1. The van der Waals surface area contributed by atoms with E-state index in [1.165, 1.54) is 0 Å². The predicted octanol–water partition coefficient (Wildman–Crippen LogP) is 3.91. The first-order valence-corrected chi connectivity index (χ1v) is 9.84. The molecule has 5 heteroatoms. The van der Waals surface area contributed by atoms with Gasteiger partial charge < -0.3 is 0 Å². The standard InChI is InChI=1S/C16H24ClNO2S/c1-2-6-16-9-3-4-10-18(16)21(19,20)13-15-8-5-7-14(11-15)12-17/h5,7-8,11,16H,2-4,6,9-10,12-13H2,1H3. The Morgan fingerprint density at radius 1 is 1.29 bits per heavy atom. The van der Waals surface area contributed by atoms with Crippen molar-refractivity contribution in [2.45, 2.75) is 56.7 Å². The van der Waals surface area contributed by atoms with Gasteiger partial charge in [-0.15, -0.1) is 11.6 Å². The fraction of sp³-hybridized carbons (Fsp3) is 0.625. The minimum atomic E-state index is -3.24. The van der Waals surface area contributed by atoms with Crippen molar-refractivity contribution in [2.24, 2.45) is 0 Å². The lowest BCUT2D eigenvalue weighted by Crippen LogP contribution is -2.44. The van der Waals surface area contributed by atoms with Gasteiger partial charge >= 0.3 is 0 Å². The highest BCUT2D eigenvalue weighted by atomic mass is 35.5. The first kappa shape index (κ1) is 16.8. The molecule has 1 saturated heterocycles. The van der Waals surface area contributed by atoms with Crippen molar-refractivity contribution in [3.63, 3.8) is 0 Å². The normalized spacial score (nSPS) is 20.6. The fourth-order valence-electron chi connectivity index (χ4n) is 3.06. The van der Waals surface area contributed by atoms with Crippen LogP contribution >= 0.6 is 11.6 Å². The molecule has 0 bridgehead atoms. The molecule has 2 rings (SSSR count). The van der Waals surface area contributed by atoms with Gasteiger partial charge in [0, 0.05) is 18.5 Å². The average Bonchev–Trinajstić information content (AvgIpc) is 2.48. The minimum absolute atomic E-state index is 0.0813. The molecule has 118 valence electrons. The van der Waals surface area contributed by atoms with Crippen LogP contribution in [0.25, 0.3) is 0 Å². The predicted molar refractivity (Wildman–Crippen MR) is 87.9 cm³/mol. The molecule has 1 aliphatic heterocycles. The van der Waals surface area contributed by atoms with Crippen LogP contribution in [0.3, 0.4) is 0 Å². The van der Waals surface area contributed by atoms with Crippen LogP contribution in [0, 0.1) is 0 Å². The van der Waals surface area contributed by atoms with E-state index in [0.29, 0.717) is 12.4 Å². The molecule has 1 atom stereocenters. The maximum absolute atomic E-state index is 12.7. The Balaban J connectivity index is 2.15. The summed E-state index contributed by atoms with van der Waals surface area (Å²) in [6.07, 6.45) is 5.09. The van der Waals surface area contributed by atoms with E-state index in [2.05, 4.69) is 6.92 Å². The molecule has 1 heterocycles. The summed E-state index contributed by atoms with van der Waals surface area (Å²) >= 11 is 5.82. The summed E-state index contributed by atoms with van der Waals surface area (Å²) in [7, 11) is -3.24. The largest absolute Gasteiger partial charge is 0.218 e. The molecule has 1 aliphatic rings. The Morgan fingerprint density at radius 2 is 2.05 bits per heavy atom. The van der Waals surface area contributed by atoms with Crippen molar-refractivity contribution in [2.75, 3.05) is 6.54 Å². The summed E-state index contributed by atoms with van der Waals surface area (Å²) in [6.45, 7) is 2.78. The van der Waals surface area contributed by atoms with Crippen LogP contribution in [-0.2, 0) is 21.7 Å². The Kier molecular flexibility index (Phi) is 6.08. The lowest BCUT2D eigenvalue weighted by Gasteiger charge is -2.34. The summed E-state index contributed by atoms with van der Waals surface area (Å²) in [5.41, 5.74) is 1.79. The number of piperidine rings is 1. The molecular weight excluding hydrogens is 306 g/mol. The van der Waals surface area contributed by atoms with Crippen molar-refractivity contribution in [3.8, 4) is 0 Å². The Morgan fingerprint density at radius 3 is 2.76 bits per heavy atom. The fourth-order valence-corrected chi connectivity index (χ4v) is 5.06. The molecule has 0 aromatic heterocycles. The van der Waals surface area contributed by atoms with E-state index in [1.807, 2.05) is 24.3 Å². The maximum Gasteiger partial charge on any atom is 0.218 e. The van der Waals surface area contributed by atoms with Gasteiger partial charge in [0.25, 0.3) is 0 Å². The van der Waals surface area contributed by atoms with Gasteiger partial charge in [0.15, 0.2) is 0 Å². The second-order valence-corrected chi connectivity index (χ2v) is 7.95. The number of nitrogens with zero attached hydrogens (tertiary/aromatic N) is 1. The van der Waals surface area contributed by atoms with Crippen LogP contribution in [0.4, 0.5) is 0 Å². The maximum atomic E-state index is 12.7. The number of benzene rings is 1. The van der Waals surface area contributed by atoms with Gasteiger partial charge in [0.2, 0.25) is 10.0 Å². The molecule has 3 nitrogen and oxygen atoms in total. The molecule has 0 amide bonds. The summed E-state index contributed by atoms with van der Waals surface area (Å²) < 4.78 is 27.2. The van der Waals surface area contributed by atoms with Gasteiger partial charge in [-0.3, -0.25) is 0 Å². The summed E-state index contributed by atoms with van der Waals surface area (Å²) in [4.78, 5) is 0. The topological polar surface area (TPSA) is 37.4 Å². The molecule has 1 aromatic rings. The lowest BCUT2D eigenvalue weighted by molar-refractivity contribution is 0.239. The van der Waals surface area contributed by atoms with Crippen LogP contribution in [-0.4, -0.2) is 25.3 Å². The number of alkyl halides is 1. The van der Waals surface area contributed by atoms with E-state index in [-0.39, 0.29) is 11.8 Å². The summed E-state index contributed by atoms with van der Waals surface area (Å²) in [5.74, 6) is 0.494. The molecule has 0 N–H and O–H groups in total. The van der Waals surface area contributed by atoms with Gasteiger partial charge in [-0.1, -0.05) is 44.0 Å². The SMILES string of the molecule is CCCC1CCCCN1S(=O)(=O)Cc1cccc(CCl)c1. The second-order valence-electron chi connectivity index (χ2n) is 5.76. The number of hydrogen-bond donors (Lipinski definition) is 0. The first-order chi connectivity index (χ1) is 10.1. The zero-order chi connectivity index (χ0) is 15.3. The minimum Gasteiger partial charge on any atom is -0.212 e. The molecule has 1 unspecified atom stereocenters. The van der Waals surface area contributed by atoms with E-state index >= 15 is 0 Å². The van der Waals surface area contributed by atoms with Crippen LogP contribution in [0.5, 0.6) is 0 Å². The van der Waals surface area contributed by atoms with Crippen molar-refractivity contribution in [1.82, 2.24) is 4.31 Å². The lowest BCUT2D eigenvalue weighted by atomic mass is 10.0. The van der Waals surface area contributed by atoms with Crippen LogP contribution in [0.2, 0.25) is 0 Å². The van der Waals surface area contributed by atoms with E-state index in [4.69, 9.17) is 11.6 Å². The highest BCUT2D eigenvalue weighted by molar-refractivity contribution is 7.88. The van der Waals surface area contributed by atoms with E-state index < -0.39 is 10.0 Å². The molecule has 0 saturated carbocycles. The van der Waals surface area contributed by atoms with Crippen molar-refractivity contribution in [3.05, 3.63) is 35.4 Å². The smallest absolute Gasteiger partial charge is 0.212 e. The van der Waals surface area contributed by atoms with E-state index in [0.717, 1.165) is 43.2 Å². The molecule has 21 heavy (non-hydrogen) atoms. The third-order valence-electron chi connectivity index (χ3n) is 4.05. The summed E-state index contributed by atoms with van der Waals surface area (Å²) in [6, 6.07) is 7.74. The summed E-state index contributed by atoms with van der Waals surface area (Å²) in [5, 5.41) is 0. The highest BCUT2D eigenvalue weighted by Gasteiger charge is 2.31. The molecular formula is C16H24ClNO2S. The zero-order valence-corrected chi connectivity index (χ0v) is 14.2. The van der Waals surface area contributed by atoms with Crippen molar-refractivity contribution < 1.29 is 8.42 Å². The second kappa shape index (κ2) is 7.61. The van der Waals surface area contributed by atoms with Gasteiger partial charge in [0.1, 0.15) is 0 Å². The quantitative estimate of drug-likeness (QED) is 0.742. The van der Waals surface area contributed by atoms with E-state index in [9.17, 15) is 8.42 Å². The first-order valence-electron chi connectivity index (χ1n) is 7.70. The zero-order valence-electron chi connectivity index (χ0n) is 12.6. The molecule has 0 radical (unpaired) electrons. The molecule has 1 fully saturated rings. The van der Waals surface area contributed by atoms with Gasteiger partial charge in [-0.05, 0) is 30.4 Å². The third-order valence-corrected chi connectivity index (χ3v) is 6.25. The number of hydrogen-bond acceptors (Lipinski definition) is 2. The Hall–Kier alpha value is -0.580. The Labute approximate surface area is 133 Å². The van der Waals surface area contributed by atoms with Crippen LogP contribution in [0.1, 0.15) is 50.2 Å². The van der Waals surface area contributed by atoms with Gasteiger partial charge in [-0.2, -0.15) is 4.31 Å². The van der Waals surface area contributed by atoms with Gasteiger partial charge in [-0.25, -0.2) is 8.42 Å². The average molecular weight is 330 g/mol. The van der Waals surface area contributed by atoms with Crippen molar-refractivity contribution >= 4 is 21.6 Å². The van der Waals surface area contributed by atoms with Gasteiger partial charge in [0.05, 0.1) is 5.75 Å². The van der Waals surface area contributed by atoms with Crippen LogP contribution < -0.4 is 0 Å². The van der Waals surface area contributed by atoms with Crippen LogP contribution in [0.15, 0.2) is 24.3 Å². The number of halogens is 1. The molecule has 1 aromatic carbocycles. The number of rotatable bonds is 6. The highest BCUT2D eigenvalue weighted by Crippen LogP contribution is 2.26. The third kappa shape index (κ3) is 4.44. The molecule has 0 spiro atoms. The monoisotopic (exact) mass is 329 g/mol. The molecule has 0 aliphatic carbocycles. The Bertz CT molecular complexity index is 557. The van der Waals surface area contributed by atoms with E-state index in [1.54, 1.807) is 4.31 Å². The van der Waals surface area contributed by atoms with Crippen molar-refractivity contribution in [1.29, 1.82) is 0 Å².